The Kier molecular flexibility index (Phi) is 2.30. The van der Waals surface area contributed by atoms with E-state index in [1.54, 1.807) is 0 Å². The van der Waals surface area contributed by atoms with Gasteiger partial charge in [-0.3, -0.25) is 0 Å². The number of hydrogen-bond donors (Lipinski definition) is 1. The standard InChI is InChI=1S/C12H16N2/c1-3-9-4-5-11-10(7-13)8-14(2)12(11)6-9/h4-6,8H,3,7,13H2,1-2H3. The van der Waals surface area contributed by atoms with Crippen LogP contribution in [-0.2, 0) is 20.0 Å². The summed E-state index contributed by atoms with van der Waals surface area (Å²) in [5, 5.41) is 1.28. The molecule has 2 heteroatoms. The quantitative estimate of drug-likeness (QED) is 0.769. The molecule has 1 aromatic carbocycles. The van der Waals surface area contributed by atoms with Gasteiger partial charge in [-0.2, -0.15) is 0 Å². The predicted molar refractivity (Wildman–Crippen MR) is 60.2 cm³/mol. The highest BCUT2D eigenvalue weighted by molar-refractivity contribution is 5.84. The normalized spacial score (nSPS) is 11.1. The second-order valence-electron chi connectivity index (χ2n) is 3.67. The van der Waals surface area contributed by atoms with Gasteiger partial charge in [0.05, 0.1) is 0 Å². The highest BCUT2D eigenvalue weighted by Crippen LogP contribution is 2.21. The fraction of sp³-hybridized carbons (Fsp3) is 0.333. The maximum absolute atomic E-state index is 5.69. The molecule has 0 aliphatic rings. The minimum Gasteiger partial charge on any atom is -0.350 e. The highest BCUT2D eigenvalue weighted by Gasteiger charge is 2.04. The molecule has 0 fully saturated rings. The van der Waals surface area contributed by atoms with Crippen LogP contribution in [0.5, 0.6) is 0 Å². The molecule has 2 nitrogen and oxygen atoms in total. The lowest BCUT2D eigenvalue weighted by molar-refractivity contribution is 0.947. The van der Waals surface area contributed by atoms with Gasteiger partial charge in [-0.1, -0.05) is 19.1 Å². The number of aromatic nitrogens is 1. The van der Waals surface area contributed by atoms with Crippen LogP contribution < -0.4 is 5.73 Å². The van der Waals surface area contributed by atoms with Crippen molar-refractivity contribution in [3.8, 4) is 0 Å². The molecule has 0 saturated carbocycles. The van der Waals surface area contributed by atoms with Crippen molar-refractivity contribution in [3.05, 3.63) is 35.5 Å². The van der Waals surface area contributed by atoms with Crippen LogP contribution in [0.3, 0.4) is 0 Å². The predicted octanol–water partition coefficient (Wildman–Crippen LogP) is 2.20. The smallest absolute Gasteiger partial charge is 0.0483 e. The second-order valence-corrected chi connectivity index (χ2v) is 3.67. The van der Waals surface area contributed by atoms with Crippen molar-refractivity contribution in [2.24, 2.45) is 12.8 Å². The molecular formula is C12H16N2. The van der Waals surface area contributed by atoms with Gasteiger partial charge in [-0.15, -0.1) is 0 Å². The summed E-state index contributed by atoms with van der Waals surface area (Å²) in [6.07, 6.45) is 3.20. The first kappa shape index (κ1) is 9.28. The second kappa shape index (κ2) is 3.46. The van der Waals surface area contributed by atoms with Crippen molar-refractivity contribution in [3.63, 3.8) is 0 Å². The maximum atomic E-state index is 5.69. The van der Waals surface area contributed by atoms with E-state index in [-0.39, 0.29) is 0 Å². The average Bonchev–Trinajstić information content (AvgIpc) is 2.55. The summed E-state index contributed by atoms with van der Waals surface area (Å²) in [4.78, 5) is 0. The molecule has 0 saturated heterocycles. The number of benzene rings is 1. The van der Waals surface area contributed by atoms with Crippen LogP contribution in [0.1, 0.15) is 18.1 Å². The molecule has 2 rings (SSSR count). The molecule has 0 bridgehead atoms. The molecule has 0 aliphatic heterocycles. The van der Waals surface area contributed by atoms with Crippen molar-refractivity contribution < 1.29 is 0 Å². The van der Waals surface area contributed by atoms with Gasteiger partial charge in [-0.05, 0) is 23.6 Å². The van der Waals surface area contributed by atoms with E-state index < -0.39 is 0 Å². The molecule has 0 atom stereocenters. The van der Waals surface area contributed by atoms with Crippen LogP contribution >= 0.6 is 0 Å². The van der Waals surface area contributed by atoms with Gasteiger partial charge in [-0.25, -0.2) is 0 Å². The van der Waals surface area contributed by atoms with Gasteiger partial charge >= 0.3 is 0 Å². The van der Waals surface area contributed by atoms with E-state index in [0.717, 1.165) is 6.42 Å². The summed E-state index contributed by atoms with van der Waals surface area (Å²) in [6.45, 7) is 2.79. The van der Waals surface area contributed by atoms with E-state index in [9.17, 15) is 0 Å². The van der Waals surface area contributed by atoms with Gasteiger partial charge in [0.2, 0.25) is 0 Å². The molecule has 74 valence electrons. The van der Waals surface area contributed by atoms with Gasteiger partial charge in [0.1, 0.15) is 0 Å². The summed E-state index contributed by atoms with van der Waals surface area (Å²) in [7, 11) is 2.07. The van der Waals surface area contributed by atoms with Crippen molar-refractivity contribution >= 4 is 10.9 Å². The zero-order valence-corrected chi connectivity index (χ0v) is 8.75. The van der Waals surface area contributed by atoms with Crippen molar-refractivity contribution in [2.45, 2.75) is 19.9 Å². The number of nitrogens with two attached hydrogens (primary N) is 1. The molecule has 1 aromatic heterocycles. The Morgan fingerprint density at radius 3 is 2.79 bits per heavy atom. The Morgan fingerprint density at radius 1 is 1.36 bits per heavy atom. The third-order valence-corrected chi connectivity index (χ3v) is 2.77. The van der Waals surface area contributed by atoms with Gasteiger partial charge in [0, 0.05) is 30.7 Å². The van der Waals surface area contributed by atoms with Gasteiger partial charge < -0.3 is 10.3 Å². The summed E-state index contributed by atoms with van der Waals surface area (Å²) in [5.74, 6) is 0. The van der Waals surface area contributed by atoms with E-state index in [4.69, 9.17) is 5.73 Å². The highest BCUT2D eigenvalue weighted by atomic mass is 14.9. The third-order valence-electron chi connectivity index (χ3n) is 2.77. The summed E-state index contributed by atoms with van der Waals surface area (Å²) in [5.41, 5.74) is 9.57. The third kappa shape index (κ3) is 1.32. The molecule has 2 N–H and O–H groups in total. The fourth-order valence-corrected chi connectivity index (χ4v) is 1.90. The molecule has 0 unspecified atom stereocenters. The van der Waals surface area contributed by atoms with Gasteiger partial charge in [0.15, 0.2) is 0 Å². The van der Waals surface area contributed by atoms with E-state index in [0.29, 0.717) is 6.54 Å². The SMILES string of the molecule is CCc1ccc2c(CN)cn(C)c2c1. The van der Waals surface area contributed by atoms with Crippen LogP contribution in [0.15, 0.2) is 24.4 Å². The Hall–Kier alpha value is -1.28. The van der Waals surface area contributed by atoms with E-state index in [1.807, 2.05) is 0 Å². The minimum absolute atomic E-state index is 0.614. The van der Waals surface area contributed by atoms with Crippen LogP contribution in [-0.4, -0.2) is 4.57 Å². The van der Waals surface area contributed by atoms with Crippen LogP contribution in [0, 0.1) is 0 Å². The zero-order chi connectivity index (χ0) is 10.1. The molecule has 0 radical (unpaired) electrons. The first-order valence-electron chi connectivity index (χ1n) is 5.03. The first-order chi connectivity index (χ1) is 6.76. The molecule has 1 heterocycles. The largest absolute Gasteiger partial charge is 0.350 e. The Morgan fingerprint density at radius 2 is 2.14 bits per heavy atom. The lowest BCUT2D eigenvalue weighted by Crippen LogP contribution is -1.94. The van der Waals surface area contributed by atoms with Crippen molar-refractivity contribution in [1.82, 2.24) is 4.57 Å². The summed E-state index contributed by atoms with van der Waals surface area (Å²) in [6, 6.07) is 6.60. The lowest BCUT2D eigenvalue weighted by atomic mass is 10.1. The molecular weight excluding hydrogens is 172 g/mol. The fourth-order valence-electron chi connectivity index (χ4n) is 1.90. The molecule has 0 spiro atoms. The van der Waals surface area contributed by atoms with Crippen LogP contribution in [0.25, 0.3) is 10.9 Å². The van der Waals surface area contributed by atoms with Crippen molar-refractivity contribution in [1.29, 1.82) is 0 Å². The number of rotatable bonds is 2. The Bertz CT molecular complexity index is 455. The van der Waals surface area contributed by atoms with E-state index >= 15 is 0 Å². The summed E-state index contributed by atoms with van der Waals surface area (Å²) >= 11 is 0. The zero-order valence-electron chi connectivity index (χ0n) is 8.75. The maximum Gasteiger partial charge on any atom is 0.0483 e. The molecule has 14 heavy (non-hydrogen) atoms. The van der Waals surface area contributed by atoms with E-state index in [1.165, 1.54) is 22.0 Å². The topological polar surface area (TPSA) is 30.9 Å². The number of fused-ring (bicyclic) bond motifs is 1. The Labute approximate surface area is 84.3 Å². The number of nitrogens with zero attached hydrogens (tertiary/aromatic N) is 1. The summed E-state index contributed by atoms with van der Waals surface area (Å²) < 4.78 is 2.15. The molecule has 2 aromatic rings. The molecule has 0 aliphatic carbocycles. The molecule has 0 amide bonds. The number of aryl methyl sites for hydroxylation is 2. The lowest BCUT2D eigenvalue weighted by Gasteiger charge is -1.99. The monoisotopic (exact) mass is 188 g/mol. The first-order valence-corrected chi connectivity index (χ1v) is 5.03. The van der Waals surface area contributed by atoms with Crippen LogP contribution in [0.2, 0.25) is 0 Å². The number of hydrogen-bond acceptors (Lipinski definition) is 1. The van der Waals surface area contributed by atoms with E-state index in [2.05, 4.69) is 42.9 Å². The average molecular weight is 188 g/mol. The van der Waals surface area contributed by atoms with Gasteiger partial charge in [0.25, 0.3) is 0 Å². The van der Waals surface area contributed by atoms with Crippen molar-refractivity contribution in [2.75, 3.05) is 0 Å². The van der Waals surface area contributed by atoms with Crippen LogP contribution in [0.4, 0.5) is 0 Å². The minimum atomic E-state index is 0.614. The Balaban J connectivity index is 2.70.